The number of ether oxygens (including phenoxy) is 1. The zero-order valence-corrected chi connectivity index (χ0v) is 19.4. The van der Waals surface area contributed by atoms with Crippen LogP contribution < -0.4 is 10.6 Å². The maximum Gasteiger partial charge on any atom is 0.340 e. The number of hydrogen-bond acceptors (Lipinski definition) is 6. The molecule has 32 heavy (non-hydrogen) atoms. The second-order valence-corrected chi connectivity index (χ2v) is 8.84. The summed E-state index contributed by atoms with van der Waals surface area (Å²) >= 11 is 6.13. The molecule has 0 saturated carbocycles. The normalized spacial score (nSPS) is 12.2. The van der Waals surface area contributed by atoms with E-state index in [1.807, 2.05) is 0 Å². The van der Waals surface area contributed by atoms with E-state index in [1.54, 1.807) is 44.2 Å². The molecule has 0 fully saturated rings. The molecular formula is C21H24ClN3O6S. The second kappa shape index (κ2) is 11.1. The minimum atomic E-state index is -3.86. The number of sulfonamides is 1. The lowest BCUT2D eigenvalue weighted by Gasteiger charge is -2.20. The average molecular weight is 482 g/mol. The summed E-state index contributed by atoms with van der Waals surface area (Å²) in [5, 5.41) is 4.25. The molecule has 2 aromatic rings. The van der Waals surface area contributed by atoms with E-state index in [0.717, 1.165) is 6.07 Å². The number of imide groups is 1. The van der Waals surface area contributed by atoms with Gasteiger partial charge in [-0.05, 0) is 18.2 Å². The number of benzene rings is 2. The van der Waals surface area contributed by atoms with Crippen molar-refractivity contribution in [1.82, 2.24) is 14.9 Å². The van der Waals surface area contributed by atoms with Crippen LogP contribution in [0.15, 0.2) is 53.4 Å². The van der Waals surface area contributed by atoms with Crippen LogP contribution in [0.5, 0.6) is 0 Å². The maximum absolute atomic E-state index is 12.9. The maximum atomic E-state index is 12.9. The monoisotopic (exact) mass is 481 g/mol. The van der Waals surface area contributed by atoms with Crippen molar-refractivity contribution in [2.75, 3.05) is 20.1 Å². The Morgan fingerprint density at radius 2 is 1.69 bits per heavy atom. The lowest BCUT2D eigenvalue weighted by atomic mass is 10.1. The highest BCUT2D eigenvalue weighted by Gasteiger charge is 2.29. The highest BCUT2D eigenvalue weighted by atomic mass is 35.5. The Morgan fingerprint density at radius 1 is 1.06 bits per heavy atom. The van der Waals surface area contributed by atoms with E-state index in [9.17, 15) is 22.8 Å². The molecule has 2 aromatic carbocycles. The fourth-order valence-corrected chi connectivity index (χ4v) is 4.52. The van der Waals surface area contributed by atoms with Crippen molar-refractivity contribution in [1.29, 1.82) is 0 Å². The van der Waals surface area contributed by atoms with Gasteiger partial charge in [-0.1, -0.05) is 55.8 Å². The van der Waals surface area contributed by atoms with Gasteiger partial charge in [0.1, 0.15) is 0 Å². The van der Waals surface area contributed by atoms with Crippen LogP contribution in [0.4, 0.5) is 4.79 Å². The third kappa shape index (κ3) is 5.84. The summed E-state index contributed by atoms with van der Waals surface area (Å²) in [6.07, 6.45) is -1.47. The van der Waals surface area contributed by atoms with Gasteiger partial charge in [0, 0.05) is 25.7 Å². The molecule has 9 nitrogen and oxygen atoms in total. The number of nitrogens with one attached hydrogen (secondary N) is 2. The fraction of sp³-hybridized carbons (Fsp3) is 0.286. The zero-order valence-electron chi connectivity index (χ0n) is 17.8. The Hall–Kier alpha value is -2.95. The van der Waals surface area contributed by atoms with Crippen molar-refractivity contribution in [3.05, 3.63) is 64.7 Å². The zero-order chi connectivity index (χ0) is 23.9. The quantitative estimate of drug-likeness (QED) is 0.559. The summed E-state index contributed by atoms with van der Waals surface area (Å²) in [4.78, 5) is 36.9. The van der Waals surface area contributed by atoms with Gasteiger partial charge >= 0.3 is 12.0 Å². The predicted octanol–water partition coefficient (Wildman–Crippen LogP) is 2.72. The van der Waals surface area contributed by atoms with Crippen LogP contribution in [-0.4, -0.2) is 50.8 Å². The van der Waals surface area contributed by atoms with Crippen LogP contribution >= 0.6 is 11.6 Å². The smallest absolute Gasteiger partial charge is 0.340 e. The van der Waals surface area contributed by atoms with Gasteiger partial charge in [-0.3, -0.25) is 10.1 Å². The molecule has 0 aromatic heterocycles. The second-order valence-electron chi connectivity index (χ2n) is 6.50. The van der Waals surface area contributed by atoms with Crippen molar-refractivity contribution in [2.24, 2.45) is 0 Å². The summed E-state index contributed by atoms with van der Waals surface area (Å²) in [7, 11) is -2.53. The largest absolute Gasteiger partial charge is 0.444 e. The summed E-state index contributed by atoms with van der Waals surface area (Å²) in [6, 6.07) is 11.0. The van der Waals surface area contributed by atoms with Crippen LogP contribution in [-0.2, 0) is 19.6 Å². The van der Waals surface area contributed by atoms with Gasteiger partial charge in [-0.15, -0.1) is 0 Å². The van der Waals surface area contributed by atoms with Crippen LogP contribution in [0, 0.1) is 0 Å². The Bertz CT molecular complexity index is 1090. The molecule has 11 heteroatoms. The van der Waals surface area contributed by atoms with Crippen molar-refractivity contribution in [3.8, 4) is 0 Å². The third-order valence-electron chi connectivity index (χ3n) is 4.53. The van der Waals surface area contributed by atoms with Gasteiger partial charge in [0.05, 0.1) is 15.5 Å². The van der Waals surface area contributed by atoms with E-state index in [0.29, 0.717) is 5.56 Å². The highest BCUT2D eigenvalue weighted by Crippen LogP contribution is 2.26. The number of amides is 3. The summed E-state index contributed by atoms with van der Waals surface area (Å²) in [5.74, 6) is -1.90. The standard InChI is InChI=1S/C21H24ClN3O6S/c1-4-25(5-2)32(29,30)15-11-12-17(22)16(13-15)20(27)31-18(14-9-7-6-8-10-14)19(26)24-21(28)23-3/h6-13,18H,4-5H2,1-3H3,(H2,23,24,26,28)/t18-/m1/s1. The van der Waals surface area contributed by atoms with E-state index in [1.165, 1.54) is 23.5 Å². The molecule has 0 bridgehead atoms. The summed E-state index contributed by atoms with van der Waals surface area (Å²) < 4.78 is 32.2. The average Bonchev–Trinajstić information content (AvgIpc) is 2.78. The Labute approximate surface area is 191 Å². The molecule has 2 N–H and O–H groups in total. The molecule has 0 unspecified atom stereocenters. The first-order valence-corrected chi connectivity index (χ1v) is 11.6. The molecule has 0 aliphatic carbocycles. The lowest BCUT2D eigenvalue weighted by Crippen LogP contribution is -2.41. The Kier molecular flexibility index (Phi) is 8.76. The first kappa shape index (κ1) is 25.3. The van der Waals surface area contributed by atoms with Gasteiger partial charge in [0.2, 0.25) is 16.1 Å². The van der Waals surface area contributed by atoms with Crippen LogP contribution in [0.2, 0.25) is 5.02 Å². The number of hydrogen-bond donors (Lipinski definition) is 2. The molecule has 2 rings (SSSR count). The molecule has 0 heterocycles. The van der Waals surface area contributed by atoms with Gasteiger partial charge in [0.25, 0.3) is 5.91 Å². The number of halogens is 1. The van der Waals surface area contributed by atoms with Gasteiger partial charge in [-0.25, -0.2) is 18.0 Å². The summed E-state index contributed by atoms with van der Waals surface area (Å²) in [6.45, 7) is 3.89. The molecule has 0 saturated heterocycles. The minimum Gasteiger partial charge on any atom is -0.444 e. The first-order chi connectivity index (χ1) is 15.1. The topological polar surface area (TPSA) is 122 Å². The van der Waals surface area contributed by atoms with E-state index >= 15 is 0 Å². The fourth-order valence-electron chi connectivity index (χ4n) is 2.85. The van der Waals surface area contributed by atoms with Crippen molar-refractivity contribution in [2.45, 2.75) is 24.8 Å². The van der Waals surface area contributed by atoms with Crippen LogP contribution in [0.3, 0.4) is 0 Å². The number of urea groups is 1. The third-order valence-corrected chi connectivity index (χ3v) is 6.91. The van der Waals surface area contributed by atoms with Crippen molar-refractivity contribution in [3.63, 3.8) is 0 Å². The number of nitrogens with zero attached hydrogens (tertiary/aromatic N) is 1. The van der Waals surface area contributed by atoms with E-state index in [2.05, 4.69) is 10.6 Å². The molecule has 0 aliphatic rings. The molecule has 0 aliphatic heterocycles. The number of carbonyl (C=O) groups excluding carboxylic acids is 3. The van der Waals surface area contributed by atoms with Gasteiger partial charge in [0.15, 0.2) is 0 Å². The SMILES string of the molecule is CCN(CC)S(=O)(=O)c1ccc(Cl)c(C(=O)O[C@@H](C(=O)NC(=O)NC)c2ccccc2)c1. The highest BCUT2D eigenvalue weighted by molar-refractivity contribution is 7.89. The van der Waals surface area contributed by atoms with E-state index in [4.69, 9.17) is 16.3 Å². The van der Waals surface area contributed by atoms with E-state index in [-0.39, 0.29) is 28.6 Å². The summed E-state index contributed by atoms with van der Waals surface area (Å²) in [5.41, 5.74) is 0.0823. The molecular weight excluding hydrogens is 458 g/mol. The number of esters is 1. The minimum absolute atomic E-state index is 0.0491. The molecule has 1 atom stereocenters. The van der Waals surface area contributed by atoms with Gasteiger partial charge in [-0.2, -0.15) is 4.31 Å². The lowest BCUT2D eigenvalue weighted by molar-refractivity contribution is -0.129. The van der Waals surface area contributed by atoms with Crippen molar-refractivity contribution < 1.29 is 27.5 Å². The predicted molar refractivity (Wildman–Crippen MR) is 119 cm³/mol. The first-order valence-electron chi connectivity index (χ1n) is 9.73. The van der Waals surface area contributed by atoms with Crippen LogP contribution in [0.1, 0.15) is 35.9 Å². The van der Waals surface area contributed by atoms with Crippen LogP contribution in [0.25, 0.3) is 0 Å². The van der Waals surface area contributed by atoms with E-state index < -0.39 is 34.0 Å². The number of carbonyl (C=O) groups is 3. The van der Waals surface area contributed by atoms with Gasteiger partial charge < -0.3 is 10.1 Å². The molecule has 0 spiro atoms. The number of rotatable bonds is 8. The van der Waals surface area contributed by atoms with Crippen molar-refractivity contribution >= 4 is 39.5 Å². The molecule has 3 amide bonds. The Balaban J connectivity index is 2.41. The Morgan fingerprint density at radius 3 is 2.25 bits per heavy atom. The molecule has 172 valence electrons. The molecule has 0 radical (unpaired) electrons.